The van der Waals surface area contributed by atoms with Crippen LogP contribution in [0.25, 0.3) is 0 Å². The first-order valence-electron chi connectivity index (χ1n) is 23.2. The van der Waals surface area contributed by atoms with Crippen LogP contribution in [0, 0.1) is 0 Å². The maximum atomic E-state index is 13.0. The number of alkyl halides is 9. The van der Waals surface area contributed by atoms with E-state index in [0.29, 0.717) is 32.4 Å². The summed E-state index contributed by atoms with van der Waals surface area (Å²) >= 11 is 16.8. The van der Waals surface area contributed by atoms with E-state index < -0.39 is 80.4 Å². The second-order valence-electron chi connectivity index (χ2n) is 16.4. The van der Waals surface area contributed by atoms with Crippen LogP contribution in [0.3, 0.4) is 0 Å². The van der Waals surface area contributed by atoms with Crippen molar-refractivity contribution in [2.75, 3.05) is 7.05 Å². The van der Waals surface area contributed by atoms with Crippen LogP contribution >= 0.6 is 34.8 Å². The number of rotatable bonds is 18. The molecule has 0 fully saturated rings. The molecule has 22 heteroatoms. The van der Waals surface area contributed by atoms with Gasteiger partial charge >= 0.3 is 18.5 Å². The van der Waals surface area contributed by atoms with Crippen molar-refractivity contribution >= 4 is 52.5 Å². The molecule has 6 aromatic rings. The molecule has 2 N–H and O–H groups in total. The summed E-state index contributed by atoms with van der Waals surface area (Å²) in [4.78, 5) is 42.4. The Labute approximate surface area is 448 Å². The van der Waals surface area contributed by atoms with Crippen molar-refractivity contribution in [1.82, 2.24) is 20.5 Å². The van der Waals surface area contributed by atoms with E-state index in [1.54, 1.807) is 52.3 Å². The van der Waals surface area contributed by atoms with E-state index in [0.717, 1.165) is 53.1 Å². The zero-order chi connectivity index (χ0) is 56.2. The minimum Gasteiger partial charge on any atom is -0.481 e. The zero-order valence-corrected chi connectivity index (χ0v) is 43.4. The lowest BCUT2D eigenvalue weighted by molar-refractivity contribution is -0.139. The Balaban J connectivity index is 0.000000246. The molecule has 6 rings (SSSR count). The highest BCUT2D eigenvalue weighted by Crippen LogP contribution is 2.39. The van der Waals surface area contributed by atoms with Crippen LogP contribution in [0.15, 0.2) is 140 Å². The molecule has 10 nitrogen and oxygen atoms in total. The second kappa shape index (κ2) is 29.0. The lowest BCUT2D eigenvalue weighted by Crippen LogP contribution is -2.39. The standard InChI is InChI=1S/C19H19ClF3NO2.C18H17ClF3NO2.C17H16ClF3N2O2/c1-3-17(18(25)24(2)12-13-7-5-4-6-8-13)26-14-9-10-16(20)15(11-14)19(21,22)23;1-2-16(17(24)23-11-12-6-4-3-5-7-12)25-13-8-9-15(19)14(10-13)18(20,21)22;1-2-15(16(24)23-10-11-4-3-7-22-9-11)25-12-5-6-14(18)13(8-12)17(19,20)21/h4-11,17H,3,12H2,1-2H3;3-10,16H,2,11H2,1H3,(H,23,24);3-9,15H,2,10H2,1H3,(H,23,24). The van der Waals surface area contributed by atoms with Gasteiger partial charge in [0, 0.05) is 39.1 Å². The molecule has 5 aromatic carbocycles. The Kier molecular flexibility index (Phi) is 23.6. The van der Waals surface area contributed by atoms with Crippen molar-refractivity contribution in [3.63, 3.8) is 0 Å². The van der Waals surface area contributed by atoms with Crippen LogP contribution in [0.4, 0.5) is 39.5 Å². The third kappa shape index (κ3) is 19.8. The maximum absolute atomic E-state index is 13.0. The first kappa shape index (κ1) is 61.8. The van der Waals surface area contributed by atoms with Gasteiger partial charge in [0.1, 0.15) is 17.2 Å². The Morgan fingerprint density at radius 2 is 0.868 bits per heavy atom. The SMILES string of the molecule is CCC(Oc1ccc(Cl)c(C(F)(F)F)c1)C(=O)N(C)Cc1ccccc1.CCC(Oc1ccc(Cl)c(C(F)(F)F)c1)C(=O)NCc1ccccc1.CCC(Oc1ccc(Cl)c(C(F)(F)F)c1)C(=O)NCc1cccnc1. The topological polar surface area (TPSA) is 119 Å². The van der Waals surface area contributed by atoms with Gasteiger partial charge in [-0.2, -0.15) is 39.5 Å². The minimum absolute atomic E-state index is 0.0463. The summed E-state index contributed by atoms with van der Waals surface area (Å²) in [7, 11) is 1.63. The number of carbonyl (C=O) groups excluding carboxylic acids is 3. The monoisotopic (exact) mass is 1130 g/mol. The van der Waals surface area contributed by atoms with Gasteiger partial charge in [0.25, 0.3) is 17.7 Å². The molecule has 3 amide bonds. The van der Waals surface area contributed by atoms with Crippen LogP contribution in [-0.4, -0.2) is 53.0 Å². The quantitative estimate of drug-likeness (QED) is 0.0823. The van der Waals surface area contributed by atoms with E-state index in [2.05, 4.69) is 15.6 Å². The summed E-state index contributed by atoms with van der Waals surface area (Å²) in [6.07, 6.45) is -12.3. The van der Waals surface area contributed by atoms with Gasteiger partial charge in [0.15, 0.2) is 18.3 Å². The normalized spacial score (nSPS) is 12.5. The van der Waals surface area contributed by atoms with Gasteiger partial charge in [-0.05, 0) is 96.6 Å². The number of likely N-dealkylation sites (N-methyl/N-ethyl adjacent to an activating group) is 1. The molecular formula is C54H52Cl3F9N4O6. The Morgan fingerprint density at radius 1 is 0.513 bits per heavy atom. The fourth-order valence-electron chi connectivity index (χ4n) is 6.72. The van der Waals surface area contributed by atoms with Gasteiger partial charge in [0.05, 0.1) is 31.8 Å². The van der Waals surface area contributed by atoms with E-state index >= 15 is 0 Å². The Hall–Kier alpha value is -6.70. The third-order valence-corrected chi connectivity index (χ3v) is 11.7. The summed E-state index contributed by atoms with van der Waals surface area (Å²) in [5.41, 5.74) is -0.322. The van der Waals surface area contributed by atoms with Crippen molar-refractivity contribution in [2.45, 2.75) is 96.5 Å². The van der Waals surface area contributed by atoms with E-state index in [-0.39, 0.29) is 29.7 Å². The summed E-state index contributed by atoms with van der Waals surface area (Å²) < 4.78 is 133. The van der Waals surface area contributed by atoms with Crippen LogP contribution < -0.4 is 24.8 Å². The first-order valence-corrected chi connectivity index (χ1v) is 24.3. The molecule has 0 saturated heterocycles. The number of hydrogen-bond donors (Lipinski definition) is 2. The molecule has 1 heterocycles. The molecule has 1 aromatic heterocycles. The van der Waals surface area contributed by atoms with Gasteiger partial charge in [-0.1, -0.05) is 122 Å². The number of nitrogens with zero attached hydrogens (tertiary/aromatic N) is 2. The number of benzene rings is 5. The summed E-state index contributed by atoms with van der Waals surface area (Å²) in [5, 5.41) is 4.14. The molecule has 3 unspecified atom stereocenters. The molecule has 0 bridgehead atoms. The second-order valence-corrected chi connectivity index (χ2v) is 17.6. The molecule has 0 aliphatic rings. The zero-order valence-electron chi connectivity index (χ0n) is 41.1. The van der Waals surface area contributed by atoms with Crippen LogP contribution in [-0.2, 0) is 52.5 Å². The maximum Gasteiger partial charge on any atom is 0.417 e. The number of pyridine rings is 1. The number of amides is 3. The van der Waals surface area contributed by atoms with Gasteiger partial charge in [-0.25, -0.2) is 0 Å². The van der Waals surface area contributed by atoms with E-state index in [9.17, 15) is 53.9 Å². The summed E-state index contributed by atoms with van der Waals surface area (Å²) in [5.74, 6) is -1.29. The van der Waals surface area contributed by atoms with Gasteiger partial charge < -0.3 is 29.7 Å². The lowest BCUT2D eigenvalue weighted by atomic mass is 10.1. The fraction of sp³-hybridized carbons (Fsp3) is 0.296. The van der Waals surface area contributed by atoms with Crippen molar-refractivity contribution in [3.8, 4) is 17.2 Å². The molecule has 408 valence electrons. The Morgan fingerprint density at radius 3 is 1.22 bits per heavy atom. The minimum atomic E-state index is -4.60. The lowest BCUT2D eigenvalue weighted by Gasteiger charge is -2.24. The van der Waals surface area contributed by atoms with Crippen molar-refractivity contribution in [2.24, 2.45) is 0 Å². The highest BCUT2D eigenvalue weighted by atomic mass is 35.5. The third-order valence-electron chi connectivity index (χ3n) is 10.7. The molecule has 76 heavy (non-hydrogen) atoms. The number of nitrogens with one attached hydrogen (secondary N) is 2. The molecule has 0 radical (unpaired) electrons. The molecule has 0 aliphatic carbocycles. The van der Waals surface area contributed by atoms with Crippen molar-refractivity contribution < 1.29 is 68.1 Å². The van der Waals surface area contributed by atoms with Crippen LogP contribution in [0.5, 0.6) is 17.2 Å². The number of halogens is 12. The van der Waals surface area contributed by atoms with Gasteiger partial charge in [0.2, 0.25) is 0 Å². The predicted molar refractivity (Wildman–Crippen MR) is 271 cm³/mol. The van der Waals surface area contributed by atoms with Gasteiger partial charge in [-0.3, -0.25) is 19.4 Å². The molecule has 0 saturated carbocycles. The average molecular weight is 1130 g/mol. The predicted octanol–water partition coefficient (Wildman–Crippen LogP) is 14.2. The van der Waals surface area contributed by atoms with Gasteiger partial charge in [-0.15, -0.1) is 0 Å². The number of aromatic nitrogens is 1. The Bertz CT molecular complexity index is 2670. The van der Waals surface area contributed by atoms with Crippen molar-refractivity contribution in [1.29, 1.82) is 0 Å². The molecular weight excluding hydrogens is 1080 g/mol. The fourth-order valence-corrected chi connectivity index (χ4v) is 7.39. The summed E-state index contributed by atoms with van der Waals surface area (Å²) in [6.45, 7) is 6.10. The number of carbonyl (C=O) groups is 3. The van der Waals surface area contributed by atoms with Crippen LogP contribution in [0.1, 0.15) is 73.4 Å². The molecule has 0 spiro atoms. The smallest absolute Gasteiger partial charge is 0.417 e. The van der Waals surface area contributed by atoms with E-state index in [1.165, 1.54) is 23.1 Å². The highest BCUT2D eigenvalue weighted by molar-refractivity contribution is 6.32. The van der Waals surface area contributed by atoms with E-state index in [4.69, 9.17) is 49.0 Å². The highest BCUT2D eigenvalue weighted by Gasteiger charge is 2.36. The largest absolute Gasteiger partial charge is 0.481 e. The molecule has 0 aliphatic heterocycles. The average Bonchev–Trinajstić information content (AvgIpc) is 3.38. The van der Waals surface area contributed by atoms with Crippen LogP contribution in [0.2, 0.25) is 15.1 Å². The van der Waals surface area contributed by atoms with E-state index in [1.807, 2.05) is 60.7 Å². The molecule has 3 atom stereocenters. The number of hydrogen-bond acceptors (Lipinski definition) is 7. The van der Waals surface area contributed by atoms with Crippen molar-refractivity contribution in [3.05, 3.63) is 188 Å². The first-order chi connectivity index (χ1) is 35.8. The number of ether oxygens (including phenoxy) is 3. The summed E-state index contributed by atoms with van der Waals surface area (Å²) in [6, 6.07) is 31.9.